The van der Waals surface area contributed by atoms with Crippen LogP contribution in [0.3, 0.4) is 0 Å². The first-order valence-electron chi connectivity index (χ1n) is 11.3. The molecule has 0 aromatic carbocycles. The molecule has 0 spiro atoms. The normalized spacial score (nSPS) is 5.17. The molecule has 0 bridgehead atoms. The Morgan fingerprint density at radius 2 is 0.793 bits per heavy atom. The summed E-state index contributed by atoms with van der Waals surface area (Å²) in [5, 5.41) is 0. The second-order valence-electron chi connectivity index (χ2n) is 3.62. The Labute approximate surface area is 192 Å². The van der Waals surface area contributed by atoms with Crippen molar-refractivity contribution in [1.29, 1.82) is 0 Å². The number of hydrogen-bond donors (Lipinski definition) is 1. The Morgan fingerprint density at radius 1 is 0.655 bits per heavy atom. The third-order valence-electron chi connectivity index (χ3n) is 0.624. The Bertz CT molecular complexity index is 143. The number of carbonyl (C=O) groups excluding carboxylic acids is 1. The van der Waals surface area contributed by atoms with E-state index in [0.29, 0.717) is 12.2 Å². The maximum absolute atomic E-state index is 10.4. The summed E-state index contributed by atoms with van der Waals surface area (Å²) in [6.07, 6.45) is 3.75. The Kier molecular flexibility index (Phi) is 438. The minimum absolute atomic E-state index is 0. The second kappa shape index (κ2) is 180. The van der Waals surface area contributed by atoms with Gasteiger partial charge in [0.15, 0.2) is 0 Å². The maximum atomic E-state index is 10.4. The number of rotatable bonds is 2. The van der Waals surface area contributed by atoms with Gasteiger partial charge >= 0.3 is 5.97 Å². The fourth-order valence-electron chi connectivity index (χ4n) is 0.254. The van der Waals surface area contributed by atoms with Gasteiger partial charge < -0.3 is 10.5 Å². The van der Waals surface area contributed by atoms with Crippen LogP contribution in [-0.2, 0) is 9.53 Å². The van der Waals surface area contributed by atoms with Gasteiger partial charge in [0.05, 0.1) is 6.61 Å². The van der Waals surface area contributed by atoms with Gasteiger partial charge in [0.1, 0.15) is 0 Å². The lowest BCUT2D eigenvalue weighted by molar-refractivity contribution is -0.138. The fourth-order valence-corrected chi connectivity index (χ4v) is 0.254. The molecule has 0 saturated carbocycles. The molecular formula is C26H71NO2. The van der Waals surface area contributed by atoms with E-state index in [1.54, 1.807) is 13.8 Å². The minimum atomic E-state index is -0.312. The van der Waals surface area contributed by atoms with E-state index in [2.05, 4.69) is 58.6 Å². The second-order valence-corrected chi connectivity index (χ2v) is 3.62. The summed E-state index contributed by atoms with van der Waals surface area (Å²) in [5.41, 5.74) is 4.95. The van der Waals surface area contributed by atoms with Gasteiger partial charge in [-0.3, -0.25) is 0 Å². The van der Waals surface area contributed by atoms with E-state index in [1.807, 2.05) is 55.4 Å². The number of ether oxygens (including phenoxy) is 1. The average Bonchev–Trinajstić information content (AvgIpc) is 2.72. The molecule has 0 aromatic heterocycles. The molecule has 0 rings (SSSR count). The average molecular weight is 430 g/mol. The van der Waals surface area contributed by atoms with Gasteiger partial charge in [-0.05, 0) is 20.9 Å². The SMILES string of the molecule is C.C.C=C(C)C(=O)OCC.CC.CC.CC.CC.CCC.CCC.CCC.CN. The first kappa shape index (κ1) is 70.5. The van der Waals surface area contributed by atoms with Crippen LogP contribution in [-0.4, -0.2) is 19.6 Å². The van der Waals surface area contributed by atoms with Crippen LogP contribution in [0.1, 0.15) is 145 Å². The first-order chi connectivity index (χ1) is 12.9. The Balaban J connectivity index is -0.0000000150. The van der Waals surface area contributed by atoms with E-state index in [-0.39, 0.29) is 20.8 Å². The maximum Gasteiger partial charge on any atom is 0.333 e. The molecule has 29 heavy (non-hydrogen) atoms. The van der Waals surface area contributed by atoms with E-state index < -0.39 is 0 Å². The standard InChI is InChI=1S/C6H10O2.3C3H8.4C2H6.CH5N.2CH4/c1-4-8-6(7)5(2)3;3*1-3-2;5*1-2;;/h2,4H2,1,3H3;3*3H2,1-2H3;4*1-2H3;2H2,1H3;2*1H4. The third-order valence-corrected chi connectivity index (χ3v) is 0.624. The predicted octanol–water partition coefficient (Wildman–Crippen LogP) is 10.3. The lowest BCUT2D eigenvalue weighted by Crippen LogP contribution is -2.03. The van der Waals surface area contributed by atoms with Gasteiger partial charge in [-0.2, -0.15) is 0 Å². The van der Waals surface area contributed by atoms with Crippen LogP contribution < -0.4 is 5.73 Å². The summed E-state index contributed by atoms with van der Waals surface area (Å²) in [5.74, 6) is -0.312. The van der Waals surface area contributed by atoms with Crippen LogP contribution in [0, 0.1) is 0 Å². The number of nitrogens with two attached hydrogens (primary N) is 1. The summed E-state index contributed by atoms with van der Waals surface area (Å²) in [7, 11) is 1.50. The molecule has 0 aliphatic carbocycles. The minimum Gasteiger partial charge on any atom is -0.463 e. The first-order valence-corrected chi connectivity index (χ1v) is 11.3. The zero-order chi connectivity index (χ0) is 24.7. The molecule has 0 aromatic rings. The van der Waals surface area contributed by atoms with Crippen molar-refractivity contribution in [1.82, 2.24) is 0 Å². The molecule has 0 fully saturated rings. The van der Waals surface area contributed by atoms with Crippen molar-refractivity contribution in [2.45, 2.75) is 145 Å². The summed E-state index contributed by atoms with van der Waals surface area (Å²) < 4.78 is 4.56. The summed E-state index contributed by atoms with van der Waals surface area (Å²) in [6, 6.07) is 0. The van der Waals surface area contributed by atoms with E-state index >= 15 is 0 Å². The summed E-state index contributed by atoms with van der Waals surface area (Å²) in [6.45, 7) is 36.0. The van der Waals surface area contributed by atoms with Crippen molar-refractivity contribution >= 4 is 5.97 Å². The molecule has 0 saturated heterocycles. The number of hydrogen-bond acceptors (Lipinski definition) is 3. The Hall–Kier alpha value is -0.830. The zero-order valence-electron chi connectivity index (χ0n) is 22.9. The van der Waals surface area contributed by atoms with Gasteiger partial charge in [-0.25, -0.2) is 4.79 Å². The highest BCUT2D eigenvalue weighted by Crippen LogP contribution is 1.89. The molecule has 0 aliphatic rings. The predicted molar refractivity (Wildman–Crippen MR) is 148 cm³/mol. The van der Waals surface area contributed by atoms with Crippen LogP contribution in [0.4, 0.5) is 0 Å². The number of carbonyl (C=O) groups is 1. The van der Waals surface area contributed by atoms with Gasteiger partial charge in [0, 0.05) is 5.57 Å². The summed E-state index contributed by atoms with van der Waals surface area (Å²) in [4.78, 5) is 10.4. The van der Waals surface area contributed by atoms with E-state index in [1.165, 1.54) is 26.3 Å². The monoisotopic (exact) mass is 430 g/mol. The lowest BCUT2D eigenvalue weighted by Gasteiger charge is -1.96. The van der Waals surface area contributed by atoms with E-state index in [4.69, 9.17) is 0 Å². The molecule has 2 N–H and O–H groups in total. The molecule has 0 heterocycles. The smallest absolute Gasteiger partial charge is 0.333 e. The van der Waals surface area contributed by atoms with Gasteiger partial charge in [0.25, 0.3) is 0 Å². The van der Waals surface area contributed by atoms with Crippen molar-refractivity contribution in [3.8, 4) is 0 Å². The van der Waals surface area contributed by atoms with Crippen LogP contribution in [0.25, 0.3) is 0 Å². The van der Waals surface area contributed by atoms with Gasteiger partial charge in [-0.15, -0.1) is 0 Å². The van der Waals surface area contributed by atoms with Crippen LogP contribution >= 0.6 is 0 Å². The molecule has 0 atom stereocenters. The van der Waals surface area contributed by atoms with Crippen molar-refractivity contribution < 1.29 is 9.53 Å². The van der Waals surface area contributed by atoms with Crippen molar-refractivity contribution in [3.63, 3.8) is 0 Å². The van der Waals surface area contributed by atoms with Crippen LogP contribution in [0.2, 0.25) is 0 Å². The van der Waals surface area contributed by atoms with Gasteiger partial charge in [0.2, 0.25) is 0 Å². The van der Waals surface area contributed by atoms with Crippen LogP contribution in [0.15, 0.2) is 12.2 Å². The molecule has 3 nitrogen and oxygen atoms in total. The molecule has 192 valence electrons. The van der Waals surface area contributed by atoms with Crippen LogP contribution in [0.5, 0.6) is 0 Å². The largest absolute Gasteiger partial charge is 0.463 e. The van der Waals surface area contributed by atoms with Gasteiger partial charge in [-0.1, -0.05) is 138 Å². The molecule has 0 aliphatic heterocycles. The quantitative estimate of drug-likeness (QED) is 0.350. The van der Waals surface area contributed by atoms with Crippen molar-refractivity contribution in [3.05, 3.63) is 12.2 Å². The van der Waals surface area contributed by atoms with E-state index in [0.717, 1.165) is 0 Å². The molecule has 3 heteroatoms. The molecule has 0 amide bonds. The highest BCUT2D eigenvalue weighted by atomic mass is 16.5. The molecule has 0 unspecified atom stereocenters. The number of esters is 1. The Morgan fingerprint density at radius 3 is 0.828 bits per heavy atom. The third kappa shape index (κ3) is 452. The summed E-state index contributed by atoms with van der Waals surface area (Å²) >= 11 is 0. The highest BCUT2D eigenvalue weighted by Gasteiger charge is 1.98. The molecular weight excluding hydrogens is 358 g/mol. The zero-order valence-corrected chi connectivity index (χ0v) is 22.9. The molecule has 0 radical (unpaired) electrons. The lowest BCUT2D eigenvalue weighted by atomic mass is 10.4. The highest BCUT2D eigenvalue weighted by molar-refractivity contribution is 5.86. The van der Waals surface area contributed by atoms with E-state index in [9.17, 15) is 4.79 Å². The fraction of sp³-hybridized carbons (Fsp3) is 0.885. The van der Waals surface area contributed by atoms with Crippen molar-refractivity contribution in [2.24, 2.45) is 5.73 Å². The topological polar surface area (TPSA) is 52.3 Å². The van der Waals surface area contributed by atoms with Crippen molar-refractivity contribution in [2.75, 3.05) is 13.7 Å².